The molecule has 1 aliphatic heterocycles. The molecule has 1 N–H and O–H groups in total. The second kappa shape index (κ2) is 5.02. The van der Waals surface area contributed by atoms with E-state index in [0.717, 1.165) is 17.8 Å². The maximum atomic E-state index is 13.7. The number of anilines is 1. The second-order valence-corrected chi connectivity index (χ2v) is 4.88. The normalized spacial score (nSPS) is 18.2. The highest BCUT2D eigenvalue weighted by molar-refractivity contribution is 5.56. The van der Waals surface area contributed by atoms with Crippen LogP contribution in [0.3, 0.4) is 0 Å². The largest absolute Gasteiger partial charge is 0.388 e. The van der Waals surface area contributed by atoms with E-state index < -0.39 is 6.10 Å². The van der Waals surface area contributed by atoms with Gasteiger partial charge < -0.3 is 10.0 Å². The molecule has 0 amide bonds. The van der Waals surface area contributed by atoms with Gasteiger partial charge in [0.25, 0.3) is 0 Å². The Hall–Kier alpha value is -1.87. The predicted octanol–water partition coefficient (Wildman–Crippen LogP) is 3.27. The van der Waals surface area contributed by atoms with Crippen LogP contribution in [0.25, 0.3) is 0 Å². The first-order valence-corrected chi connectivity index (χ1v) is 6.51. The zero-order chi connectivity index (χ0) is 13.2. The van der Waals surface area contributed by atoms with Crippen LogP contribution >= 0.6 is 0 Å². The Kier molecular flexibility index (Phi) is 3.22. The summed E-state index contributed by atoms with van der Waals surface area (Å²) in [5, 5.41) is 10.00. The van der Waals surface area contributed by atoms with E-state index in [1.165, 1.54) is 6.07 Å². The van der Waals surface area contributed by atoms with E-state index in [1.807, 2.05) is 36.4 Å². The zero-order valence-electron chi connectivity index (χ0n) is 10.6. The highest BCUT2D eigenvalue weighted by atomic mass is 19.1. The maximum absolute atomic E-state index is 13.7. The number of rotatable bonds is 2. The Morgan fingerprint density at radius 2 is 1.84 bits per heavy atom. The fraction of sp³-hybridized carbons (Fsp3) is 0.250. The zero-order valence-corrected chi connectivity index (χ0v) is 10.6. The smallest absolute Gasteiger partial charge is 0.128 e. The molecule has 0 saturated heterocycles. The molecule has 1 atom stereocenters. The van der Waals surface area contributed by atoms with Gasteiger partial charge in [0.1, 0.15) is 5.82 Å². The summed E-state index contributed by atoms with van der Waals surface area (Å²) in [6.07, 6.45) is 0.277. The van der Waals surface area contributed by atoms with Crippen LogP contribution in [0.5, 0.6) is 0 Å². The first kappa shape index (κ1) is 12.2. The molecule has 1 heterocycles. The number of fused-ring (bicyclic) bond motifs is 1. The van der Waals surface area contributed by atoms with Crippen LogP contribution in [-0.4, -0.2) is 11.7 Å². The summed E-state index contributed by atoms with van der Waals surface area (Å²) in [7, 11) is 0. The minimum atomic E-state index is -0.409. The highest BCUT2D eigenvalue weighted by Crippen LogP contribution is 2.34. The maximum Gasteiger partial charge on any atom is 0.128 e. The first-order chi connectivity index (χ1) is 9.25. The first-order valence-electron chi connectivity index (χ1n) is 6.51. The van der Waals surface area contributed by atoms with Crippen molar-refractivity contribution in [3.8, 4) is 0 Å². The molecule has 98 valence electrons. The van der Waals surface area contributed by atoms with Gasteiger partial charge in [-0.25, -0.2) is 4.39 Å². The van der Waals surface area contributed by atoms with Crippen molar-refractivity contribution in [1.29, 1.82) is 0 Å². The summed E-state index contributed by atoms with van der Waals surface area (Å²) >= 11 is 0. The Labute approximate surface area is 112 Å². The number of hydrogen-bond donors (Lipinski definition) is 1. The molecule has 0 fully saturated rings. The molecule has 1 aliphatic rings. The van der Waals surface area contributed by atoms with Crippen LogP contribution in [0.4, 0.5) is 10.1 Å². The van der Waals surface area contributed by atoms with E-state index in [0.29, 0.717) is 18.5 Å². The molecule has 3 rings (SSSR count). The van der Waals surface area contributed by atoms with Crippen molar-refractivity contribution >= 4 is 5.69 Å². The van der Waals surface area contributed by atoms with Crippen molar-refractivity contribution < 1.29 is 9.50 Å². The van der Waals surface area contributed by atoms with Crippen molar-refractivity contribution in [2.45, 2.75) is 19.1 Å². The molecular formula is C16H16FNO. The third kappa shape index (κ3) is 2.34. The Morgan fingerprint density at radius 1 is 1.11 bits per heavy atom. The lowest BCUT2D eigenvalue weighted by Gasteiger charge is -2.34. The number of benzene rings is 2. The molecule has 3 heteroatoms. The molecule has 0 aromatic heterocycles. The average molecular weight is 257 g/mol. The number of para-hydroxylation sites is 1. The van der Waals surface area contributed by atoms with Crippen molar-refractivity contribution in [2.24, 2.45) is 0 Å². The van der Waals surface area contributed by atoms with Crippen LogP contribution < -0.4 is 4.90 Å². The van der Waals surface area contributed by atoms with Crippen molar-refractivity contribution in [3.05, 3.63) is 65.5 Å². The van der Waals surface area contributed by atoms with Crippen LogP contribution in [0.15, 0.2) is 48.5 Å². The molecule has 2 aromatic rings. The van der Waals surface area contributed by atoms with Gasteiger partial charge in [0.05, 0.1) is 6.10 Å². The molecular weight excluding hydrogens is 241 g/mol. The minimum Gasteiger partial charge on any atom is -0.388 e. The van der Waals surface area contributed by atoms with E-state index >= 15 is 0 Å². The van der Waals surface area contributed by atoms with Gasteiger partial charge in [-0.05, 0) is 18.6 Å². The van der Waals surface area contributed by atoms with E-state index in [9.17, 15) is 9.50 Å². The quantitative estimate of drug-likeness (QED) is 0.892. The second-order valence-electron chi connectivity index (χ2n) is 4.88. The number of aliphatic hydroxyl groups is 1. The van der Waals surface area contributed by atoms with Crippen molar-refractivity contribution in [1.82, 2.24) is 0 Å². The van der Waals surface area contributed by atoms with E-state index in [-0.39, 0.29) is 5.82 Å². The number of hydrogen-bond acceptors (Lipinski definition) is 2. The summed E-state index contributed by atoms with van der Waals surface area (Å²) in [4.78, 5) is 2.13. The summed E-state index contributed by atoms with van der Waals surface area (Å²) in [6, 6.07) is 14.6. The highest BCUT2D eigenvalue weighted by Gasteiger charge is 2.23. The van der Waals surface area contributed by atoms with Crippen molar-refractivity contribution in [2.75, 3.05) is 11.4 Å². The fourth-order valence-electron chi connectivity index (χ4n) is 2.61. The van der Waals surface area contributed by atoms with Crippen LogP contribution in [0, 0.1) is 5.82 Å². The lowest BCUT2D eigenvalue weighted by molar-refractivity contribution is 0.164. The number of nitrogens with zero attached hydrogens (tertiary/aromatic N) is 1. The Morgan fingerprint density at radius 3 is 2.68 bits per heavy atom. The molecule has 19 heavy (non-hydrogen) atoms. The summed E-state index contributed by atoms with van der Waals surface area (Å²) in [5.41, 5.74) is 2.63. The predicted molar refractivity (Wildman–Crippen MR) is 73.5 cm³/mol. The number of aliphatic hydroxyl groups excluding tert-OH is 1. The Bertz CT molecular complexity index is 584. The van der Waals surface area contributed by atoms with E-state index in [4.69, 9.17) is 0 Å². The molecule has 0 radical (unpaired) electrons. The van der Waals surface area contributed by atoms with Crippen LogP contribution in [0.1, 0.15) is 23.7 Å². The number of halogens is 1. The Balaban J connectivity index is 1.91. The van der Waals surface area contributed by atoms with Crippen LogP contribution in [0.2, 0.25) is 0 Å². The lowest BCUT2D eigenvalue weighted by atomic mass is 9.98. The monoisotopic (exact) mass is 257 g/mol. The molecule has 0 saturated carbocycles. The lowest BCUT2D eigenvalue weighted by Crippen LogP contribution is -2.30. The van der Waals surface area contributed by atoms with Crippen LogP contribution in [-0.2, 0) is 6.54 Å². The molecule has 2 aromatic carbocycles. The van der Waals surface area contributed by atoms with Crippen molar-refractivity contribution in [3.63, 3.8) is 0 Å². The summed E-state index contributed by atoms with van der Waals surface area (Å²) in [5.74, 6) is -0.175. The van der Waals surface area contributed by atoms with Gasteiger partial charge in [-0.3, -0.25) is 0 Å². The van der Waals surface area contributed by atoms with Gasteiger partial charge in [0.15, 0.2) is 0 Å². The average Bonchev–Trinajstić information content (AvgIpc) is 2.44. The third-order valence-electron chi connectivity index (χ3n) is 3.63. The van der Waals surface area contributed by atoms with E-state index in [2.05, 4.69) is 4.90 Å². The van der Waals surface area contributed by atoms with Gasteiger partial charge in [0.2, 0.25) is 0 Å². The van der Waals surface area contributed by atoms with Gasteiger partial charge in [0, 0.05) is 29.9 Å². The van der Waals surface area contributed by atoms with E-state index in [1.54, 1.807) is 6.07 Å². The standard InChI is InChI=1S/C16H16FNO/c17-14-7-3-1-5-12(14)11-18-10-9-16(19)13-6-2-4-8-15(13)18/h1-8,16,19H,9-11H2. The molecule has 0 aliphatic carbocycles. The molecule has 0 spiro atoms. The SMILES string of the molecule is OC1CCN(Cc2ccccc2F)c2ccccc21. The molecule has 0 bridgehead atoms. The molecule has 1 unspecified atom stereocenters. The van der Waals surface area contributed by atoms with Gasteiger partial charge in [-0.1, -0.05) is 36.4 Å². The topological polar surface area (TPSA) is 23.5 Å². The van der Waals surface area contributed by atoms with Gasteiger partial charge in [-0.2, -0.15) is 0 Å². The summed E-state index contributed by atoms with van der Waals surface area (Å²) in [6.45, 7) is 1.28. The minimum absolute atomic E-state index is 0.175. The van der Waals surface area contributed by atoms with Gasteiger partial charge >= 0.3 is 0 Å². The molecule has 2 nitrogen and oxygen atoms in total. The van der Waals surface area contributed by atoms with Gasteiger partial charge in [-0.15, -0.1) is 0 Å². The summed E-state index contributed by atoms with van der Waals surface area (Å²) < 4.78 is 13.7. The fourth-order valence-corrected chi connectivity index (χ4v) is 2.61. The third-order valence-corrected chi connectivity index (χ3v) is 3.63.